The summed E-state index contributed by atoms with van der Waals surface area (Å²) in [6, 6.07) is 9.65. The molecular weight excluding hydrogens is 194 g/mol. The van der Waals surface area contributed by atoms with Gasteiger partial charge < -0.3 is 14.6 Å². The highest BCUT2D eigenvalue weighted by molar-refractivity contribution is 5.27. The standard InChI is InChI=1S/C10H11N3O2/c1-2-4-9(5-3-1)14-7-6-11-10-8-15-13-12-10/h1-5,8,11H,6-7H2. The van der Waals surface area contributed by atoms with Crippen LogP contribution in [0.2, 0.25) is 0 Å². The van der Waals surface area contributed by atoms with Gasteiger partial charge in [-0.1, -0.05) is 23.3 Å². The van der Waals surface area contributed by atoms with Crippen LogP contribution in [-0.4, -0.2) is 23.5 Å². The fourth-order valence-corrected chi connectivity index (χ4v) is 1.11. The molecule has 0 aliphatic carbocycles. The van der Waals surface area contributed by atoms with Crippen molar-refractivity contribution in [2.45, 2.75) is 0 Å². The summed E-state index contributed by atoms with van der Waals surface area (Å²) in [7, 11) is 0. The Bertz CT molecular complexity index is 375. The van der Waals surface area contributed by atoms with E-state index in [9.17, 15) is 0 Å². The number of para-hydroxylation sites is 1. The van der Waals surface area contributed by atoms with Gasteiger partial charge in [-0.15, -0.1) is 0 Å². The van der Waals surface area contributed by atoms with Gasteiger partial charge in [0.05, 0.1) is 6.54 Å². The van der Waals surface area contributed by atoms with E-state index in [2.05, 4.69) is 20.2 Å². The molecule has 2 aromatic rings. The van der Waals surface area contributed by atoms with Gasteiger partial charge in [0.2, 0.25) is 0 Å². The van der Waals surface area contributed by atoms with Crippen molar-refractivity contribution in [3.05, 3.63) is 36.6 Å². The van der Waals surface area contributed by atoms with Crippen LogP contribution in [0.25, 0.3) is 0 Å². The summed E-state index contributed by atoms with van der Waals surface area (Å²) in [6.07, 6.45) is 1.45. The third-order valence-corrected chi connectivity index (χ3v) is 1.78. The second-order valence-electron chi connectivity index (χ2n) is 2.88. The molecule has 0 spiro atoms. The third kappa shape index (κ3) is 2.98. The van der Waals surface area contributed by atoms with Gasteiger partial charge in [0.15, 0.2) is 12.1 Å². The Balaban J connectivity index is 1.68. The van der Waals surface area contributed by atoms with Crippen LogP contribution in [0, 0.1) is 0 Å². The molecule has 0 aliphatic rings. The minimum Gasteiger partial charge on any atom is -0.492 e. The van der Waals surface area contributed by atoms with E-state index in [1.807, 2.05) is 30.3 Å². The molecule has 1 heterocycles. The lowest BCUT2D eigenvalue weighted by Crippen LogP contribution is -2.11. The van der Waals surface area contributed by atoms with Crippen LogP contribution in [0.15, 0.2) is 41.1 Å². The Hall–Kier alpha value is -2.04. The molecule has 1 N–H and O–H groups in total. The monoisotopic (exact) mass is 205 g/mol. The molecule has 0 saturated carbocycles. The van der Waals surface area contributed by atoms with Crippen molar-refractivity contribution >= 4 is 5.82 Å². The molecule has 5 heteroatoms. The van der Waals surface area contributed by atoms with Crippen molar-refractivity contribution in [1.82, 2.24) is 10.4 Å². The van der Waals surface area contributed by atoms with Crippen LogP contribution >= 0.6 is 0 Å². The second kappa shape index (κ2) is 4.99. The number of hydrogen-bond donors (Lipinski definition) is 1. The average Bonchev–Trinajstić information content (AvgIpc) is 2.79. The molecule has 2 rings (SSSR count). The van der Waals surface area contributed by atoms with Gasteiger partial charge in [-0.2, -0.15) is 0 Å². The maximum Gasteiger partial charge on any atom is 0.190 e. The molecule has 0 amide bonds. The summed E-state index contributed by atoms with van der Waals surface area (Å²) in [5.41, 5.74) is 0. The van der Waals surface area contributed by atoms with Crippen LogP contribution in [-0.2, 0) is 0 Å². The Morgan fingerprint density at radius 1 is 1.27 bits per heavy atom. The Labute approximate surface area is 87.0 Å². The normalized spacial score (nSPS) is 9.87. The van der Waals surface area contributed by atoms with Crippen molar-refractivity contribution < 1.29 is 9.26 Å². The molecular formula is C10H11N3O2. The van der Waals surface area contributed by atoms with E-state index >= 15 is 0 Å². The van der Waals surface area contributed by atoms with E-state index in [0.717, 1.165) is 5.75 Å². The van der Waals surface area contributed by atoms with E-state index < -0.39 is 0 Å². The van der Waals surface area contributed by atoms with Gasteiger partial charge in [0.25, 0.3) is 0 Å². The molecule has 0 fully saturated rings. The molecule has 0 saturated heterocycles. The Morgan fingerprint density at radius 2 is 2.13 bits per heavy atom. The van der Waals surface area contributed by atoms with Gasteiger partial charge in [-0.3, -0.25) is 0 Å². The number of anilines is 1. The highest BCUT2D eigenvalue weighted by Crippen LogP contribution is 2.07. The predicted molar refractivity (Wildman–Crippen MR) is 54.7 cm³/mol. The number of rotatable bonds is 5. The van der Waals surface area contributed by atoms with Crippen molar-refractivity contribution in [2.24, 2.45) is 0 Å². The largest absolute Gasteiger partial charge is 0.492 e. The Kier molecular flexibility index (Phi) is 3.17. The molecule has 0 atom stereocenters. The van der Waals surface area contributed by atoms with Crippen molar-refractivity contribution in [2.75, 3.05) is 18.5 Å². The molecule has 0 aliphatic heterocycles. The van der Waals surface area contributed by atoms with E-state index in [1.54, 1.807) is 0 Å². The summed E-state index contributed by atoms with van der Waals surface area (Å²) in [5.74, 6) is 1.48. The van der Waals surface area contributed by atoms with Crippen LogP contribution in [0.3, 0.4) is 0 Å². The topological polar surface area (TPSA) is 60.2 Å². The zero-order valence-corrected chi connectivity index (χ0v) is 8.09. The van der Waals surface area contributed by atoms with Crippen LogP contribution in [0.4, 0.5) is 5.82 Å². The molecule has 78 valence electrons. The first-order chi connectivity index (χ1) is 7.45. The first kappa shape index (κ1) is 9.51. The third-order valence-electron chi connectivity index (χ3n) is 1.78. The summed E-state index contributed by atoms with van der Waals surface area (Å²) in [6.45, 7) is 1.22. The summed E-state index contributed by atoms with van der Waals surface area (Å²) >= 11 is 0. The number of nitrogens with zero attached hydrogens (tertiary/aromatic N) is 2. The fraction of sp³-hybridized carbons (Fsp3) is 0.200. The van der Waals surface area contributed by atoms with Gasteiger partial charge in [-0.25, -0.2) is 0 Å². The maximum atomic E-state index is 5.46. The lowest BCUT2D eigenvalue weighted by atomic mass is 10.3. The zero-order chi connectivity index (χ0) is 10.3. The lowest BCUT2D eigenvalue weighted by Gasteiger charge is -2.05. The zero-order valence-electron chi connectivity index (χ0n) is 8.09. The van der Waals surface area contributed by atoms with E-state index in [1.165, 1.54) is 6.26 Å². The van der Waals surface area contributed by atoms with Crippen LogP contribution in [0.5, 0.6) is 5.75 Å². The predicted octanol–water partition coefficient (Wildman–Crippen LogP) is 1.56. The smallest absolute Gasteiger partial charge is 0.190 e. The molecule has 0 bridgehead atoms. The van der Waals surface area contributed by atoms with Gasteiger partial charge in [0, 0.05) is 5.27 Å². The highest BCUT2D eigenvalue weighted by Gasteiger charge is 1.95. The van der Waals surface area contributed by atoms with Crippen LogP contribution in [0.1, 0.15) is 0 Å². The van der Waals surface area contributed by atoms with Gasteiger partial charge in [0.1, 0.15) is 12.4 Å². The summed E-state index contributed by atoms with van der Waals surface area (Å²) in [4.78, 5) is 0. The van der Waals surface area contributed by atoms with Crippen molar-refractivity contribution in [3.8, 4) is 5.75 Å². The number of benzene rings is 1. The molecule has 5 nitrogen and oxygen atoms in total. The molecule has 1 aromatic heterocycles. The van der Waals surface area contributed by atoms with Crippen LogP contribution < -0.4 is 10.1 Å². The van der Waals surface area contributed by atoms with E-state index in [-0.39, 0.29) is 0 Å². The summed E-state index contributed by atoms with van der Waals surface area (Å²) in [5, 5.41) is 10.0. The molecule has 0 unspecified atom stereocenters. The van der Waals surface area contributed by atoms with Crippen molar-refractivity contribution in [3.63, 3.8) is 0 Å². The number of ether oxygens (including phenoxy) is 1. The first-order valence-electron chi connectivity index (χ1n) is 4.64. The Morgan fingerprint density at radius 3 is 2.87 bits per heavy atom. The maximum absolute atomic E-state index is 5.46. The quantitative estimate of drug-likeness (QED) is 0.750. The SMILES string of the molecule is c1ccc(OCCNc2conn2)cc1. The molecule has 1 aromatic carbocycles. The van der Waals surface area contributed by atoms with E-state index in [4.69, 9.17) is 4.74 Å². The number of nitrogens with one attached hydrogen (secondary N) is 1. The van der Waals surface area contributed by atoms with Gasteiger partial charge >= 0.3 is 0 Å². The fourth-order valence-electron chi connectivity index (χ4n) is 1.11. The highest BCUT2D eigenvalue weighted by atomic mass is 16.5. The number of hydrogen-bond acceptors (Lipinski definition) is 5. The minimum absolute atomic E-state index is 0.566. The minimum atomic E-state index is 0.566. The average molecular weight is 205 g/mol. The first-order valence-corrected chi connectivity index (χ1v) is 4.64. The lowest BCUT2D eigenvalue weighted by molar-refractivity contribution is 0.333. The van der Waals surface area contributed by atoms with E-state index in [0.29, 0.717) is 19.0 Å². The molecule has 15 heavy (non-hydrogen) atoms. The molecule has 0 radical (unpaired) electrons. The second-order valence-corrected chi connectivity index (χ2v) is 2.88. The summed E-state index contributed by atoms with van der Waals surface area (Å²) < 4.78 is 10.0. The number of aromatic nitrogens is 2. The van der Waals surface area contributed by atoms with Crippen molar-refractivity contribution in [1.29, 1.82) is 0 Å². The van der Waals surface area contributed by atoms with Gasteiger partial charge in [-0.05, 0) is 12.1 Å².